The number of methoxy groups -OCH3 is 1. The molecule has 1 N–H and O–H groups in total. The average Bonchev–Trinajstić information content (AvgIpc) is 2.29. The molecule has 0 heterocycles. The van der Waals surface area contributed by atoms with Gasteiger partial charge in [0.15, 0.2) is 0 Å². The molecule has 0 aliphatic heterocycles. The molecular formula is C13H18ClNO2. The van der Waals surface area contributed by atoms with Crippen LogP contribution in [0.5, 0.6) is 0 Å². The van der Waals surface area contributed by atoms with Crippen LogP contribution in [0.4, 0.5) is 0 Å². The van der Waals surface area contributed by atoms with E-state index < -0.39 is 0 Å². The Hall–Kier alpha value is -1.06. The largest absolute Gasteiger partial charge is 0.383 e. The van der Waals surface area contributed by atoms with E-state index in [-0.39, 0.29) is 11.3 Å². The molecule has 0 bridgehead atoms. The zero-order valence-corrected chi connectivity index (χ0v) is 11.0. The number of amides is 1. The molecule has 1 amide bonds. The molecule has 94 valence electrons. The van der Waals surface area contributed by atoms with Gasteiger partial charge in [0, 0.05) is 19.2 Å². The summed E-state index contributed by atoms with van der Waals surface area (Å²) in [6.07, 6.45) is 0.701. The summed E-state index contributed by atoms with van der Waals surface area (Å²) >= 11 is 5.97. The van der Waals surface area contributed by atoms with Gasteiger partial charge in [-0.15, -0.1) is 11.6 Å². The molecular weight excluding hydrogens is 238 g/mol. The number of alkyl halides is 1. The van der Waals surface area contributed by atoms with Crippen molar-refractivity contribution in [2.45, 2.75) is 18.7 Å². The van der Waals surface area contributed by atoms with Crippen LogP contribution in [0.1, 0.15) is 22.3 Å². The van der Waals surface area contributed by atoms with Crippen molar-refractivity contribution in [3.63, 3.8) is 0 Å². The first-order valence-electron chi connectivity index (χ1n) is 5.62. The van der Waals surface area contributed by atoms with Crippen molar-refractivity contribution >= 4 is 17.5 Å². The molecule has 4 heteroatoms. The Morgan fingerprint density at radius 1 is 1.47 bits per heavy atom. The minimum absolute atomic E-state index is 0.0515. The number of rotatable bonds is 6. The van der Waals surface area contributed by atoms with Crippen LogP contribution < -0.4 is 5.32 Å². The van der Waals surface area contributed by atoms with Gasteiger partial charge in [-0.05, 0) is 25.0 Å². The van der Waals surface area contributed by atoms with E-state index in [1.807, 2.05) is 31.2 Å². The standard InChI is InChI=1S/C13H18ClNO2/c1-10-5-3-4-6-12(10)13(16)15-8-7-11(14)9-17-2/h3-6,11H,7-9H2,1-2H3,(H,15,16). The lowest BCUT2D eigenvalue weighted by Gasteiger charge is -2.10. The topological polar surface area (TPSA) is 38.3 Å². The summed E-state index contributed by atoms with van der Waals surface area (Å²) in [5.74, 6) is -0.0515. The lowest BCUT2D eigenvalue weighted by molar-refractivity contribution is 0.0951. The first-order valence-corrected chi connectivity index (χ1v) is 6.05. The van der Waals surface area contributed by atoms with Gasteiger partial charge in [-0.1, -0.05) is 18.2 Å². The third kappa shape index (κ3) is 4.75. The first kappa shape index (κ1) is 14.0. The molecule has 1 atom stereocenters. The van der Waals surface area contributed by atoms with Gasteiger partial charge in [0.25, 0.3) is 5.91 Å². The summed E-state index contributed by atoms with van der Waals surface area (Å²) in [6, 6.07) is 7.51. The number of ether oxygens (including phenoxy) is 1. The highest BCUT2D eigenvalue weighted by molar-refractivity contribution is 6.20. The molecule has 1 unspecified atom stereocenters. The van der Waals surface area contributed by atoms with Gasteiger partial charge in [-0.3, -0.25) is 4.79 Å². The number of aryl methyl sites for hydroxylation is 1. The predicted octanol–water partition coefficient (Wildman–Crippen LogP) is 2.37. The van der Waals surface area contributed by atoms with Crippen LogP contribution >= 0.6 is 11.6 Å². The van der Waals surface area contributed by atoms with Crippen molar-refractivity contribution in [1.82, 2.24) is 5.32 Å². The maximum Gasteiger partial charge on any atom is 0.251 e. The molecule has 17 heavy (non-hydrogen) atoms. The van der Waals surface area contributed by atoms with Crippen LogP contribution in [-0.4, -0.2) is 31.5 Å². The van der Waals surface area contributed by atoms with Gasteiger partial charge in [0.05, 0.1) is 12.0 Å². The van der Waals surface area contributed by atoms with Crippen LogP contribution in [0.2, 0.25) is 0 Å². The second kappa shape index (κ2) is 7.30. The molecule has 0 fully saturated rings. The molecule has 0 saturated carbocycles. The number of hydrogen-bond donors (Lipinski definition) is 1. The Morgan fingerprint density at radius 3 is 2.82 bits per heavy atom. The van der Waals surface area contributed by atoms with Gasteiger partial charge < -0.3 is 10.1 Å². The summed E-state index contributed by atoms with van der Waals surface area (Å²) < 4.78 is 4.92. The molecule has 1 aromatic rings. The molecule has 1 aromatic carbocycles. The molecule has 0 aliphatic carbocycles. The lowest BCUT2D eigenvalue weighted by Crippen LogP contribution is -2.27. The van der Waals surface area contributed by atoms with Gasteiger partial charge >= 0.3 is 0 Å². The third-order valence-electron chi connectivity index (χ3n) is 2.48. The molecule has 1 rings (SSSR count). The number of benzene rings is 1. The van der Waals surface area contributed by atoms with E-state index in [1.165, 1.54) is 0 Å². The number of halogens is 1. The Bertz CT molecular complexity index is 368. The highest BCUT2D eigenvalue weighted by Crippen LogP contribution is 2.07. The second-order valence-corrected chi connectivity index (χ2v) is 4.53. The normalized spacial score (nSPS) is 12.2. The summed E-state index contributed by atoms with van der Waals surface area (Å²) in [4.78, 5) is 11.8. The van der Waals surface area contributed by atoms with E-state index >= 15 is 0 Å². The molecule has 0 aliphatic rings. The van der Waals surface area contributed by atoms with E-state index in [4.69, 9.17) is 16.3 Å². The van der Waals surface area contributed by atoms with E-state index in [0.717, 1.165) is 5.56 Å². The fraction of sp³-hybridized carbons (Fsp3) is 0.462. The Labute approximate surface area is 107 Å². The number of nitrogens with one attached hydrogen (secondary N) is 1. The molecule has 0 aromatic heterocycles. The SMILES string of the molecule is COCC(Cl)CCNC(=O)c1ccccc1C. The third-order valence-corrected chi connectivity index (χ3v) is 2.82. The van der Waals surface area contributed by atoms with Gasteiger partial charge in [0.2, 0.25) is 0 Å². The van der Waals surface area contributed by atoms with E-state index in [2.05, 4.69) is 5.32 Å². The lowest BCUT2D eigenvalue weighted by atomic mass is 10.1. The Morgan fingerprint density at radius 2 is 2.18 bits per heavy atom. The smallest absolute Gasteiger partial charge is 0.251 e. The van der Waals surface area contributed by atoms with Crippen molar-refractivity contribution in [1.29, 1.82) is 0 Å². The second-order valence-electron chi connectivity index (χ2n) is 3.91. The quantitative estimate of drug-likeness (QED) is 0.793. The monoisotopic (exact) mass is 255 g/mol. The van der Waals surface area contributed by atoms with E-state index in [9.17, 15) is 4.79 Å². The van der Waals surface area contributed by atoms with E-state index in [0.29, 0.717) is 25.1 Å². The van der Waals surface area contributed by atoms with Crippen LogP contribution in [0.15, 0.2) is 24.3 Å². The van der Waals surface area contributed by atoms with Crippen molar-refractivity contribution < 1.29 is 9.53 Å². The van der Waals surface area contributed by atoms with Crippen LogP contribution in [0.3, 0.4) is 0 Å². The summed E-state index contributed by atoms with van der Waals surface area (Å²) in [5.41, 5.74) is 1.69. The van der Waals surface area contributed by atoms with Crippen molar-refractivity contribution in [3.05, 3.63) is 35.4 Å². The zero-order valence-electron chi connectivity index (χ0n) is 10.2. The predicted molar refractivity (Wildman–Crippen MR) is 69.6 cm³/mol. The maximum atomic E-state index is 11.8. The van der Waals surface area contributed by atoms with Gasteiger partial charge in [-0.25, -0.2) is 0 Å². The minimum atomic E-state index is -0.0582. The highest BCUT2D eigenvalue weighted by Gasteiger charge is 2.09. The van der Waals surface area contributed by atoms with Gasteiger partial charge in [-0.2, -0.15) is 0 Å². The van der Waals surface area contributed by atoms with Crippen molar-refractivity contribution in [3.8, 4) is 0 Å². The average molecular weight is 256 g/mol. The summed E-state index contributed by atoms with van der Waals surface area (Å²) in [7, 11) is 1.61. The molecule has 0 saturated heterocycles. The fourth-order valence-corrected chi connectivity index (χ4v) is 1.76. The van der Waals surface area contributed by atoms with Crippen LogP contribution in [0.25, 0.3) is 0 Å². The zero-order chi connectivity index (χ0) is 12.7. The van der Waals surface area contributed by atoms with Gasteiger partial charge in [0.1, 0.15) is 0 Å². The fourth-order valence-electron chi connectivity index (χ4n) is 1.53. The number of carbonyl (C=O) groups excluding carboxylic acids is 1. The molecule has 3 nitrogen and oxygen atoms in total. The minimum Gasteiger partial charge on any atom is -0.383 e. The van der Waals surface area contributed by atoms with Crippen molar-refractivity contribution in [2.24, 2.45) is 0 Å². The van der Waals surface area contributed by atoms with Crippen LogP contribution in [0, 0.1) is 6.92 Å². The van der Waals surface area contributed by atoms with Crippen LogP contribution in [-0.2, 0) is 4.74 Å². The number of carbonyl (C=O) groups is 1. The highest BCUT2D eigenvalue weighted by atomic mass is 35.5. The Kier molecular flexibility index (Phi) is 6.01. The van der Waals surface area contributed by atoms with Crippen molar-refractivity contribution in [2.75, 3.05) is 20.3 Å². The molecule has 0 radical (unpaired) electrons. The maximum absolute atomic E-state index is 11.8. The summed E-state index contributed by atoms with van der Waals surface area (Å²) in [5, 5.41) is 2.79. The van der Waals surface area contributed by atoms with E-state index in [1.54, 1.807) is 7.11 Å². The number of hydrogen-bond acceptors (Lipinski definition) is 2. The molecule has 0 spiro atoms. The summed E-state index contributed by atoms with van der Waals surface area (Å²) in [6.45, 7) is 2.98. The first-order chi connectivity index (χ1) is 8.15. The Balaban J connectivity index is 2.38.